The Hall–Kier alpha value is -2.40. The fraction of sp³-hybridized carbons (Fsp3) is 0.789. The molecular weight excluding hydrogens is 765 g/mol. The van der Waals surface area contributed by atoms with Gasteiger partial charge < -0.3 is 14.2 Å². The number of rotatable bonds is 49. The highest BCUT2D eigenvalue weighted by Crippen LogP contribution is 2.15. The Balaban J connectivity index is 4.28. The molecule has 0 fully saturated rings. The Bertz CT molecular complexity index is 1070. The number of unbranched alkanes of at least 4 members (excludes halogenated alkanes) is 28. The summed E-state index contributed by atoms with van der Waals surface area (Å²) in [6, 6.07) is 0. The van der Waals surface area contributed by atoms with Gasteiger partial charge in [-0.3, -0.25) is 9.59 Å². The molecule has 62 heavy (non-hydrogen) atoms. The van der Waals surface area contributed by atoms with Crippen molar-refractivity contribution in [3.63, 3.8) is 0 Å². The van der Waals surface area contributed by atoms with Gasteiger partial charge in [-0.1, -0.05) is 229 Å². The summed E-state index contributed by atoms with van der Waals surface area (Å²) < 4.78 is 17.4. The lowest BCUT2D eigenvalue weighted by Crippen LogP contribution is -2.30. The maximum absolute atomic E-state index is 12.8. The van der Waals surface area contributed by atoms with Gasteiger partial charge >= 0.3 is 11.9 Å². The molecule has 0 aliphatic carbocycles. The van der Waals surface area contributed by atoms with Crippen molar-refractivity contribution in [2.45, 2.75) is 271 Å². The molecule has 0 aromatic heterocycles. The highest BCUT2D eigenvalue weighted by molar-refractivity contribution is 5.70. The summed E-state index contributed by atoms with van der Waals surface area (Å²) in [5.41, 5.74) is 0. The second kappa shape index (κ2) is 52.9. The Morgan fingerprint density at radius 3 is 1.19 bits per heavy atom. The van der Waals surface area contributed by atoms with Gasteiger partial charge in [0.05, 0.1) is 6.61 Å². The Labute approximate surface area is 385 Å². The summed E-state index contributed by atoms with van der Waals surface area (Å²) in [4.78, 5) is 25.4. The normalized spacial score (nSPS) is 12.6. The summed E-state index contributed by atoms with van der Waals surface area (Å²) in [6.07, 6.45) is 66.5. The van der Waals surface area contributed by atoms with Crippen molar-refractivity contribution in [3.05, 3.63) is 60.8 Å². The largest absolute Gasteiger partial charge is 0.462 e. The smallest absolute Gasteiger partial charge is 0.306 e. The highest BCUT2D eigenvalue weighted by Gasteiger charge is 2.17. The van der Waals surface area contributed by atoms with Crippen molar-refractivity contribution >= 4 is 11.9 Å². The van der Waals surface area contributed by atoms with E-state index in [1.807, 2.05) is 0 Å². The third-order valence-corrected chi connectivity index (χ3v) is 11.5. The van der Waals surface area contributed by atoms with Crippen LogP contribution in [0.3, 0.4) is 0 Å². The lowest BCUT2D eigenvalue weighted by molar-refractivity contribution is -0.163. The van der Waals surface area contributed by atoms with E-state index < -0.39 is 6.10 Å². The zero-order valence-electron chi connectivity index (χ0n) is 41.4. The lowest BCUT2D eigenvalue weighted by Gasteiger charge is -2.18. The van der Waals surface area contributed by atoms with Crippen molar-refractivity contribution < 1.29 is 23.8 Å². The molecule has 0 aliphatic rings. The molecule has 0 amide bonds. The number of allylic oxidation sites excluding steroid dienone is 10. The van der Waals surface area contributed by atoms with Crippen LogP contribution < -0.4 is 0 Å². The number of hydrogen-bond donors (Lipinski definition) is 0. The van der Waals surface area contributed by atoms with Gasteiger partial charge in [0, 0.05) is 19.4 Å². The van der Waals surface area contributed by atoms with Crippen LogP contribution in [0.1, 0.15) is 265 Å². The van der Waals surface area contributed by atoms with Crippen LogP contribution in [0.2, 0.25) is 0 Å². The molecule has 0 radical (unpaired) electrons. The van der Waals surface area contributed by atoms with E-state index >= 15 is 0 Å². The summed E-state index contributed by atoms with van der Waals surface area (Å²) in [5, 5.41) is 0. The van der Waals surface area contributed by atoms with E-state index in [-0.39, 0.29) is 25.2 Å². The Morgan fingerprint density at radius 2 is 0.726 bits per heavy atom. The first-order valence-electron chi connectivity index (χ1n) is 26.8. The van der Waals surface area contributed by atoms with E-state index in [0.717, 1.165) is 77.0 Å². The third kappa shape index (κ3) is 50.2. The Morgan fingerprint density at radius 1 is 0.371 bits per heavy atom. The average molecular weight is 867 g/mol. The molecule has 0 bridgehead atoms. The van der Waals surface area contributed by atoms with E-state index in [0.29, 0.717) is 19.4 Å². The standard InChI is InChI=1S/C57H102O5/c1-4-7-10-13-16-19-22-25-27-29-30-33-35-38-41-44-47-50-56(58)61-54-55(62-57(59)51-48-45-42-39-36-32-24-21-18-15-12-9-6-3)53-60-52-49-46-43-40-37-34-31-28-26-23-20-17-14-11-8-5-2/h7,10,16-17,19-20,25-28,55H,4-6,8-9,11-15,18,21-24,29-54H2,1-3H3/b10-7-,19-16-,20-17-,27-25-,28-26-. The van der Waals surface area contributed by atoms with Crippen LogP contribution in [0, 0.1) is 0 Å². The lowest BCUT2D eigenvalue weighted by atomic mass is 10.0. The van der Waals surface area contributed by atoms with Crippen molar-refractivity contribution in [2.24, 2.45) is 0 Å². The molecule has 0 N–H and O–H groups in total. The molecule has 360 valence electrons. The second-order valence-corrected chi connectivity index (χ2v) is 17.8. The molecule has 0 heterocycles. The van der Waals surface area contributed by atoms with E-state index in [4.69, 9.17) is 14.2 Å². The molecule has 0 aromatic rings. The van der Waals surface area contributed by atoms with Crippen LogP contribution in [0.15, 0.2) is 60.8 Å². The Kier molecular flexibility index (Phi) is 50.9. The number of ether oxygens (including phenoxy) is 3. The maximum atomic E-state index is 12.8. The minimum Gasteiger partial charge on any atom is -0.462 e. The number of carbonyl (C=O) groups is 2. The van der Waals surface area contributed by atoms with Crippen molar-refractivity contribution in [1.82, 2.24) is 0 Å². The molecule has 0 rings (SSSR count). The van der Waals surface area contributed by atoms with E-state index in [2.05, 4.69) is 81.5 Å². The second-order valence-electron chi connectivity index (χ2n) is 17.8. The molecule has 1 atom stereocenters. The van der Waals surface area contributed by atoms with Gasteiger partial charge in [0.1, 0.15) is 6.61 Å². The van der Waals surface area contributed by atoms with Gasteiger partial charge in [-0.05, 0) is 83.5 Å². The van der Waals surface area contributed by atoms with Crippen molar-refractivity contribution in [1.29, 1.82) is 0 Å². The minimum atomic E-state index is -0.544. The van der Waals surface area contributed by atoms with Gasteiger partial charge in [0.2, 0.25) is 0 Å². The van der Waals surface area contributed by atoms with Crippen LogP contribution in [0.25, 0.3) is 0 Å². The van der Waals surface area contributed by atoms with Crippen LogP contribution in [0.5, 0.6) is 0 Å². The summed E-state index contributed by atoms with van der Waals surface area (Å²) >= 11 is 0. The molecule has 0 saturated heterocycles. The quantitative estimate of drug-likeness (QED) is 0.0346. The van der Waals surface area contributed by atoms with Crippen LogP contribution in [-0.2, 0) is 23.8 Å². The maximum Gasteiger partial charge on any atom is 0.306 e. The van der Waals surface area contributed by atoms with Crippen molar-refractivity contribution in [3.8, 4) is 0 Å². The molecule has 0 saturated carbocycles. The molecular formula is C57H102O5. The zero-order valence-corrected chi connectivity index (χ0v) is 41.4. The molecule has 5 heteroatoms. The summed E-state index contributed by atoms with van der Waals surface area (Å²) in [5.74, 6) is -0.405. The summed E-state index contributed by atoms with van der Waals surface area (Å²) in [7, 11) is 0. The van der Waals surface area contributed by atoms with Crippen LogP contribution in [0.4, 0.5) is 0 Å². The van der Waals surface area contributed by atoms with Crippen molar-refractivity contribution in [2.75, 3.05) is 19.8 Å². The molecule has 0 spiro atoms. The van der Waals surface area contributed by atoms with E-state index in [1.54, 1.807) is 0 Å². The molecule has 1 unspecified atom stereocenters. The zero-order chi connectivity index (χ0) is 44.9. The molecule has 0 aromatic carbocycles. The SMILES string of the molecule is CC/C=C\C/C=C\C/C=C\CCCCCCCCCC(=O)OCC(COCCCCCCCC/C=C\C/C=C\CCCCC)OC(=O)CCCCCCCCCCCCCCC. The monoisotopic (exact) mass is 867 g/mol. The van der Waals surface area contributed by atoms with E-state index in [9.17, 15) is 9.59 Å². The van der Waals surface area contributed by atoms with Crippen LogP contribution in [-0.4, -0.2) is 37.9 Å². The molecule has 5 nitrogen and oxygen atoms in total. The fourth-order valence-electron chi connectivity index (χ4n) is 7.56. The van der Waals surface area contributed by atoms with Gasteiger partial charge in [-0.2, -0.15) is 0 Å². The summed E-state index contributed by atoms with van der Waals surface area (Å²) in [6.45, 7) is 7.69. The van der Waals surface area contributed by atoms with Gasteiger partial charge in [-0.15, -0.1) is 0 Å². The number of hydrogen-bond acceptors (Lipinski definition) is 5. The van der Waals surface area contributed by atoms with Gasteiger partial charge in [0.15, 0.2) is 6.10 Å². The topological polar surface area (TPSA) is 61.8 Å². The third-order valence-electron chi connectivity index (χ3n) is 11.5. The predicted octanol–water partition coefficient (Wildman–Crippen LogP) is 18.1. The predicted molar refractivity (Wildman–Crippen MR) is 270 cm³/mol. The average Bonchev–Trinajstić information content (AvgIpc) is 3.27. The first-order valence-corrected chi connectivity index (χ1v) is 26.8. The van der Waals surface area contributed by atoms with Gasteiger partial charge in [0.25, 0.3) is 0 Å². The fourth-order valence-corrected chi connectivity index (χ4v) is 7.56. The first-order chi connectivity index (χ1) is 30.6. The van der Waals surface area contributed by atoms with E-state index in [1.165, 1.54) is 154 Å². The van der Waals surface area contributed by atoms with Gasteiger partial charge in [-0.25, -0.2) is 0 Å². The molecule has 0 aliphatic heterocycles. The number of esters is 2. The first kappa shape index (κ1) is 59.6. The number of carbonyl (C=O) groups excluding carboxylic acids is 2. The minimum absolute atomic E-state index is 0.0773. The van der Waals surface area contributed by atoms with Crippen LogP contribution >= 0.6 is 0 Å². The highest BCUT2D eigenvalue weighted by atomic mass is 16.6.